The number of nitrogens with zero attached hydrogens (tertiary/aromatic N) is 1. The Kier molecular flexibility index (Phi) is 4.28. The lowest BCUT2D eigenvalue weighted by Gasteiger charge is -1.98. The molecule has 4 heteroatoms. The molecule has 0 radical (unpaired) electrons. The van der Waals surface area contributed by atoms with Crippen molar-refractivity contribution in [1.82, 2.24) is 5.43 Å². The topological polar surface area (TPSA) is 50.7 Å². The van der Waals surface area contributed by atoms with Crippen molar-refractivity contribution in [3.05, 3.63) is 0 Å². The molecule has 0 rings (SSSR count). The maximum atomic E-state index is 10.7. The summed E-state index contributed by atoms with van der Waals surface area (Å²) in [6.45, 7) is 3.73. The fourth-order valence-corrected chi connectivity index (χ4v) is 0.449. The Morgan fingerprint density at radius 3 is 2.70 bits per heavy atom. The summed E-state index contributed by atoms with van der Waals surface area (Å²) in [6, 6.07) is 0. The molecule has 0 heterocycles. The third-order valence-corrected chi connectivity index (χ3v) is 0.850. The minimum absolute atomic E-state index is 0.337. The number of carbonyl (C=O) groups is 1. The molecule has 0 aromatic rings. The van der Waals surface area contributed by atoms with Crippen molar-refractivity contribution in [1.29, 1.82) is 0 Å². The van der Waals surface area contributed by atoms with Gasteiger partial charge < -0.3 is 10.2 Å². The number of carbonyl (C=O) groups excluding carboxylic acids is 1. The quantitative estimate of drug-likeness (QED) is 0.348. The number of ether oxygens (including phenoxy) is 1. The van der Waals surface area contributed by atoms with E-state index in [-0.39, 0.29) is 5.97 Å². The molecular formula is C6H12N2O2. The highest BCUT2D eigenvalue weighted by molar-refractivity contribution is 6.35. The number of hydrogen-bond donors (Lipinski definition) is 1. The molecule has 4 nitrogen and oxygen atoms in total. The number of esters is 1. The molecule has 0 spiro atoms. The van der Waals surface area contributed by atoms with Crippen molar-refractivity contribution in [2.45, 2.75) is 13.8 Å². The first-order chi connectivity index (χ1) is 4.72. The van der Waals surface area contributed by atoms with Gasteiger partial charge in [-0.2, -0.15) is 5.10 Å². The van der Waals surface area contributed by atoms with Crippen LogP contribution in [-0.4, -0.2) is 25.3 Å². The second-order valence-corrected chi connectivity index (χ2v) is 1.64. The van der Waals surface area contributed by atoms with E-state index in [1.165, 1.54) is 0 Å². The van der Waals surface area contributed by atoms with Gasteiger partial charge in [0.05, 0.1) is 6.61 Å². The van der Waals surface area contributed by atoms with E-state index in [9.17, 15) is 4.79 Å². The van der Waals surface area contributed by atoms with Crippen molar-refractivity contribution in [3.63, 3.8) is 0 Å². The van der Waals surface area contributed by atoms with E-state index < -0.39 is 0 Å². The lowest BCUT2D eigenvalue weighted by molar-refractivity contribution is -0.135. The van der Waals surface area contributed by atoms with Crippen LogP contribution in [0.15, 0.2) is 5.10 Å². The lowest BCUT2D eigenvalue weighted by Crippen LogP contribution is -2.16. The predicted molar refractivity (Wildman–Crippen MR) is 38.8 cm³/mol. The zero-order chi connectivity index (χ0) is 7.98. The fraction of sp³-hybridized carbons (Fsp3) is 0.667. The highest BCUT2D eigenvalue weighted by atomic mass is 16.5. The van der Waals surface area contributed by atoms with Crippen molar-refractivity contribution in [3.8, 4) is 0 Å². The third-order valence-electron chi connectivity index (χ3n) is 0.850. The zero-order valence-electron chi connectivity index (χ0n) is 6.47. The van der Waals surface area contributed by atoms with Crippen LogP contribution in [0.1, 0.15) is 13.8 Å². The Morgan fingerprint density at radius 1 is 1.70 bits per heavy atom. The highest BCUT2D eigenvalue weighted by Gasteiger charge is 2.04. The minimum atomic E-state index is -0.378. The molecule has 58 valence electrons. The summed E-state index contributed by atoms with van der Waals surface area (Å²) in [6.07, 6.45) is 0. The molecule has 0 aliphatic rings. The fourth-order valence-electron chi connectivity index (χ4n) is 0.449. The van der Waals surface area contributed by atoms with E-state index in [1.807, 2.05) is 0 Å². The standard InChI is InChI=1S/C6H12N2O2/c1-4-10-6(9)5(2)8-7-3/h7H,4H2,1-3H3/b8-5+. The first-order valence-corrected chi connectivity index (χ1v) is 3.10. The van der Waals surface area contributed by atoms with Gasteiger partial charge >= 0.3 is 5.97 Å². The van der Waals surface area contributed by atoms with Crippen LogP contribution in [0, 0.1) is 0 Å². The van der Waals surface area contributed by atoms with E-state index in [4.69, 9.17) is 0 Å². The zero-order valence-corrected chi connectivity index (χ0v) is 6.47. The molecule has 0 bridgehead atoms. The van der Waals surface area contributed by atoms with Gasteiger partial charge in [-0.15, -0.1) is 0 Å². The van der Waals surface area contributed by atoms with E-state index in [2.05, 4.69) is 15.3 Å². The summed E-state index contributed by atoms with van der Waals surface area (Å²) in [7, 11) is 1.63. The van der Waals surface area contributed by atoms with Gasteiger partial charge in [0, 0.05) is 7.05 Å². The van der Waals surface area contributed by atoms with Gasteiger partial charge in [-0.05, 0) is 13.8 Å². The average Bonchev–Trinajstić information content (AvgIpc) is 1.89. The molecule has 1 N–H and O–H groups in total. The molecule has 0 unspecified atom stereocenters. The number of hydrogen-bond acceptors (Lipinski definition) is 4. The number of nitrogens with one attached hydrogen (secondary N) is 1. The summed E-state index contributed by atoms with van der Waals surface area (Å²) in [4.78, 5) is 10.7. The highest BCUT2D eigenvalue weighted by Crippen LogP contribution is 1.81. The van der Waals surface area contributed by atoms with Crippen molar-refractivity contribution >= 4 is 11.7 Å². The van der Waals surface area contributed by atoms with E-state index in [1.54, 1.807) is 20.9 Å². The molecule has 0 aromatic heterocycles. The van der Waals surface area contributed by atoms with Crippen LogP contribution in [0.2, 0.25) is 0 Å². The van der Waals surface area contributed by atoms with Crippen molar-refractivity contribution in [2.75, 3.05) is 13.7 Å². The van der Waals surface area contributed by atoms with Gasteiger partial charge in [-0.3, -0.25) is 0 Å². The summed E-state index contributed by atoms with van der Waals surface area (Å²) >= 11 is 0. The molecule has 0 aliphatic carbocycles. The molecule has 0 amide bonds. The molecule has 0 aromatic carbocycles. The van der Waals surface area contributed by atoms with Crippen LogP contribution in [0.4, 0.5) is 0 Å². The molecule has 0 atom stereocenters. The second kappa shape index (κ2) is 4.78. The Hall–Kier alpha value is -1.06. The smallest absolute Gasteiger partial charge is 0.354 e. The Labute approximate surface area is 60.3 Å². The first-order valence-electron chi connectivity index (χ1n) is 3.10. The van der Waals surface area contributed by atoms with Crippen LogP contribution >= 0.6 is 0 Å². The summed E-state index contributed by atoms with van der Waals surface area (Å²) in [5, 5.41) is 3.64. The third kappa shape index (κ3) is 3.06. The van der Waals surface area contributed by atoms with E-state index in [0.717, 1.165) is 0 Å². The first kappa shape index (κ1) is 8.94. The predicted octanol–water partition coefficient (Wildman–Crippen LogP) is 0.145. The van der Waals surface area contributed by atoms with Crippen LogP contribution in [0.5, 0.6) is 0 Å². The molecule has 0 saturated heterocycles. The average molecular weight is 144 g/mol. The number of hydrazone groups is 1. The van der Waals surface area contributed by atoms with Gasteiger partial charge in [0.1, 0.15) is 5.71 Å². The molecule has 0 aliphatic heterocycles. The van der Waals surface area contributed by atoms with E-state index in [0.29, 0.717) is 12.3 Å². The maximum absolute atomic E-state index is 10.7. The monoisotopic (exact) mass is 144 g/mol. The summed E-state index contributed by atoms with van der Waals surface area (Å²) < 4.78 is 4.65. The van der Waals surface area contributed by atoms with Crippen LogP contribution in [0.3, 0.4) is 0 Å². The van der Waals surface area contributed by atoms with Crippen molar-refractivity contribution < 1.29 is 9.53 Å². The summed E-state index contributed by atoms with van der Waals surface area (Å²) in [5.74, 6) is -0.378. The molecule has 10 heavy (non-hydrogen) atoms. The summed E-state index contributed by atoms with van der Waals surface area (Å²) in [5.41, 5.74) is 2.83. The largest absolute Gasteiger partial charge is 0.461 e. The normalized spacial score (nSPS) is 10.9. The Morgan fingerprint density at radius 2 is 2.30 bits per heavy atom. The maximum Gasteiger partial charge on any atom is 0.354 e. The SMILES string of the molecule is CCOC(=O)/C(C)=N/NC. The molecular weight excluding hydrogens is 132 g/mol. The Bertz CT molecular complexity index is 143. The van der Waals surface area contributed by atoms with Gasteiger partial charge in [-0.1, -0.05) is 0 Å². The lowest BCUT2D eigenvalue weighted by atomic mass is 10.4. The minimum Gasteiger partial charge on any atom is -0.461 e. The number of rotatable bonds is 3. The van der Waals surface area contributed by atoms with Gasteiger partial charge in [0.25, 0.3) is 0 Å². The van der Waals surface area contributed by atoms with Gasteiger partial charge in [-0.25, -0.2) is 4.79 Å². The Balaban J connectivity index is 3.82. The van der Waals surface area contributed by atoms with Crippen LogP contribution < -0.4 is 5.43 Å². The van der Waals surface area contributed by atoms with Gasteiger partial charge in [0.2, 0.25) is 0 Å². The van der Waals surface area contributed by atoms with Crippen molar-refractivity contribution in [2.24, 2.45) is 5.10 Å². The van der Waals surface area contributed by atoms with Gasteiger partial charge in [0.15, 0.2) is 0 Å². The molecule has 0 fully saturated rings. The van der Waals surface area contributed by atoms with Crippen LogP contribution in [-0.2, 0) is 9.53 Å². The van der Waals surface area contributed by atoms with Crippen LogP contribution in [0.25, 0.3) is 0 Å². The second-order valence-electron chi connectivity index (χ2n) is 1.64. The van der Waals surface area contributed by atoms with E-state index >= 15 is 0 Å². The molecule has 0 saturated carbocycles.